The van der Waals surface area contributed by atoms with Crippen LogP contribution in [-0.4, -0.2) is 58.2 Å². The molecule has 0 amide bonds. The summed E-state index contributed by atoms with van der Waals surface area (Å²) in [6, 6.07) is 11.2. The first-order chi connectivity index (χ1) is 18.3. The monoisotopic (exact) mass is 545 g/mol. The molecule has 0 saturated heterocycles. The molecule has 10 nitrogen and oxygen atoms in total. The van der Waals surface area contributed by atoms with Crippen molar-refractivity contribution in [3.8, 4) is 40.2 Å². The summed E-state index contributed by atoms with van der Waals surface area (Å²) in [4.78, 5) is -0.0282. The fraction of sp³-hybridized carbons (Fsp3) is 0.259. The van der Waals surface area contributed by atoms with Crippen molar-refractivity contribution in [2.45, 2.75) is 4.90 Å². The number of anilines is 1. The number of rotatable bonds is 12. The van der Waals surface area contributed by atoms with Gasteiger partial charge < -0.3 is 33.2 Å². The Bertz CT molecular complexity index is 1390. The standard InChI is InChI=1S/C27H31NO9S/c1-31-20-13-11-19(16-22(20)33-3)38(29,30)28-25-18(10-12-21(32-2)27(25)37-7)9-8-17-14-23(34-4)26(36-6)24(15-17)35-5/h8-16,28H,1-7H3. The highest BCUT2D eigenvalue weighted by Gasteiger charge is 2.23. The van der Waals surface area contributed by atoms with Crippen LogP contribution < -0.4 is 37.9 Å². The lowest BCUT2D eigenvalue weighted by molar-refractivity contribution is 0.324. The van der Waals surface area contributed by atoms with Crippen molar-refractivity contribution in [1.82, 2.24) is 0 Å². The molecule has 3 rings (SSSR count). The van der Waals surface area contributed by atoms with Crippen LogP contribution in [0.3, 0.4) is 0 Å². The summed E-state index contributed by atoms with van der Waals surface area (Å²) in [5.41, 5.74) is 1.42. The quantitative estimate of drug-likeness (QED) is 0.323. The second-order valence-corrected chi connectivity index (χ2v) is 9.36. The summed E-state index contributed by atoms with van der Waals surface area (Å²) in [6.07, 6.45) is 3.51. The minimum absolute atomic E-state index is 0.0282. The summed E-state index contributed by atoms with van der Waals surface area (Å²) >= 11 is 0. The fourth-order valence-electron chi connectivity index (χ4n) is 3.75. The SMILES string of the molecule is COc1ccc(S(=O)(=O)Nc2c(C=Cc3cc(OC)c(OC)c(OC)c3)ccc(OC)c2OC)cc1OC. The van der Waals surface area contributed by atoms with Crippen LogP contribution in [0.5, 0.6) is 40.2 Å². The van der Waals surface area contributed by atoms with Crippen molar-refractivity contribution in [2.75, 3.05) is 54.5 Å². The molecule has 0 saturated carbocycles. The highest BCUT2D eigenvalue weighted by molar-refractivity contribution is 7.92. The van der Waals surface area contributed by atoms with E-state index in [4.69, 9.17) is 33.2 Å². The second-order valence-electron chi connectivity index (χ2n) is 7.68. The Balaban J connectivity index is 2.11. The molecule has 0 bridgehead atoms. The van der Waals surface area contributed by atoms with E-state index < -0.39 is 10.0 Å². The summed E-state index contributed by atoms with van der Waals surface area (Å²) in [6.45, 7) is 0. The maximum Gasteiger partial charge on any atom is 0.262 e. The predicted octanol–water partition coefficient (Wildman–Crippen LogP) is 4.72. The minimum Gasteiger partial charge on any atom is -0.493 e. The van der Waals surface area contributed by atoms with Crippen molar-refractivity contribution >= 4 is 27.9 Å². The number of benzene rings is 3. The molecule has 0 radical (unpaired) electrons. The van der Waals surface area contributed by atoms with Gasteiger partial charge in [-0.3, -0.25) is 4.72 Å². The van der Waals surface area contributed by atoms with E-state index in [-0.39, 0.29) is 22.1 Å². The molecule has 0 fully saturated rings. The van der Waals surface area contributed by atoms with E-state index in [2.05, 4.69) is 4.72 Å². The van der Waals surface area contributed by atoms with Crippen molar-refractivity contribution in [3.63, 3.8) is 0 Å². The van der Waals surface area contributed by atoms with Crippen molar-refractivity contribution in [1.29, 1.82) is 0 Å². The smallest absolute Gasteiger partial charge is 0.262 e. The molecule has 0 spiro atoms. The van der Waals surface area contributed by atoms with Gasteiger partial charge in [0, 0.05) is 11.6 Å². The van der Waals surface area contributed by atoms with E-state index in [0.29, 0.717) is 34.3 Å². The van der Waals surface area contributed by atoms with Gasteiger partial charge in [0.25, 0.3) is 10.0 Å². The molecular formula is C27H31NO9S. The van der Waals surface area contributed by atoms with Crippen LogP contribution in [0, 0.1) is 0 Å². The van der Waals surface area contributed by atoms with Gasteiger partial charge in [-0.05, 0) is 42.0 Å². The van der Waals surface area contributed by atoms with Gasteiger partial charge in [-0.25, -0.2) is 8.42 Å². The number of hydrogen-bond donors (Lipinski definition) is 1. The van der Waals surface area contributed by atoms with Crippen LogP contribution in [0.4, 0.5) is 5.69 Å². The average Bonchev–Trinajstić information content (AvgIpc) is 2.94. The Kier molecular flexibility index (Phi) is 9.19. The molecule has 0 aliphatic rings. The first-order valence-corrected chi connectivity index (χ1v) is 12.7. The Morgan fingerprint density at radius 2 is 1.13 bits per heavy atom. The van der Waals surface area contributed by atoms with E-state index in [1.54, 1.807) is 36.4 Å². The summed E-state index contributed by atoms with van der Waals surface area (Å²) in [5.74, 6) is 2.66. The lowest BCUT2D eigenvalue weighted by Crippen LogP contribution is -2.15. The first kappa shape index (κ1) is 28.3. The molecule has 11 heteroatoms. The second kappa shape index (κ2) is 12.3. The Morgan fingerprint density at radius 1 is 0.579 bits per heavy atom. The number of sulfonamides is 1. The van der Waals surface area contributed by atoms with E-state index in [1.165, 1.54) is 68.0 Å². The number of ether oxygens (including phenoxy) is 7. The highest BCUT2D eigenvalue weighted by Crippen LogP contribution is 2.42. The van der Waals surface area contributed by atoms with Crippen LogP contribution in [0.1, 0.15) is 11.1 Å². The third-order valence-electron chi connectivity index (χ3n) is 5.62. The first-order valence-electron chi connectivity index (χ1n) is 11.2. The van der Waals surface area contributed by atoms with Gasteiger partial charge in [0.1, 0.15) is 5.69 Å². The third-order valence-corrected chi connectivity index (χ3v) is 6.97. The van der Waals surface area contributed by atoms with Crippen molar-refractivity contribution in [3.05, 3.63) is 53.6 Å². The van der Waals surface area contributed by atoms with Crippen molar-refractivity contribution in [2.24, 2.45) is 0 Å². The molecule has 0 unspecified atom stereocenters. The Hall–Kier alpha value is -4.25. The minimum atomic E-state index is -4.08. The zero-order chi connectivity index (χ0) is 27.9. The molecule has 0 aliphatic heterocycles. The molecule has 38 heavy (non-hydrogen) atoms. The van der Waals surface area contributed by atoms with Crippen LogP contribution in [0.2, 0.25) is 0 Å². The molecule has 204 valence electrons. The third kappa shape index (κ3) is 5.83. The average molecular weight is 546 g/mol. The summed E-state index contributed by atoms with van der Waals surface area (Å²) in [7, 11) is 6.30. The normalized spacial score (nSPS) is 11.1. The fourth-order valence-corrected chi connectivity index (χ4v) is 4.85. The highest BCUT2D eigenvalue weighted by atomic mass is 32.2. The molecule has 0 aromatic heterocycles. The van der Waals surface area contributed by atoms with Crippen LogP contribution in [0.25, 0.3) is 12.2 Å². The molecular weight excluding hydrogens is 514 g/mol. The zero-order valence-corrected chi connectivity index (χ0v) is 23.1. The lowest BCUT2D eigenvalue weighted by atomic mass is 10.1. The molecule has 1 N–H and O–H groups in total. The van der Waals surface area contributed by atoms with Gasteiger partial charge in [0.2, 0.25) is 5.75 Å². The molecule has 0 atom stereocenters. The topological polar surface area (TPSA) is 111 Å². The van der Waals surface area contributed by atoms with Gasteiger partial charge in [0.15, 0.2) is 34.5 Å². The van der Waals surface area contributed by atoms with Gasteiger partial charge in [0.05, 0.1) is 54.7 Å². The maximum atomic E-state index is 13.4. The Labute approximate surface area is 222 Å². The van der Waals surface area contributed by atoms with Crippen molar-refractivity contribution < 1.29 is 41.6 Å². The maximum absolute atomic E-state index is 13.4. The van der Waals surface area contributed by atoms with E-state index >= 15 is 0 Å². The van der Waals surface area contributed by atoms with E-state index in [1.807, 2.05) is 0 Å². The molecule has 0 aliphatic carbocycles. The van der Waals surface area contributed by atoms with Crippen LogP contribution in [-0.2, 0) is 10.0 Å². The summed E-state index contributed by atoms with van der Waals surface area (Å²) in [5, 5.41) is 0. The number of methoxy groups -OCH3 is 7. The largest absolute Gasteiger partial charge is 0.493 e. The molecule has 3 aromatic carbocycles. The zero-order valence-electron chi connectivity index (χ0n) is 22.3. The molecule has 0 heterocycles. The molecule has 3 aromatic rings. The van der Waals surface area contributed by atoms with Gasteiger partial charge in [-0.15, -0.1) is 0 Å². The van der Waals surface area contributed by atoms with Gasteiger partial charge >= 0.3 is 0 Å². The van der Waals surface area contributed by atoms with Gasteiger partial charge in [-0.1, -0.05) is 12.2 Å². The predicted molar refractivity (Wildman–Crippen MR) is 145 cm³/mol. The van der Waals surface area contributed by atoms with Crippen LogP contribution in [0.15, 0.2) is 47.4 Å². The van der Waals surface area contributed by atoms with E-state index in [9.17, 15) is 8.42 Å². The number of hydrogen-bond acceptors (Lipinski definition) is 9. The van der Waals surface area contributed by atoms with Gasteiger partial charge in [-0.2, -0.15) is 0 Å². The summed E-state index contributed by atoms with van der Waals surface area (Å²) < 4.78 is 67.1. The van der Waals surface area contributed by atoms with E-state index in [0.717, 1.165) is 5.56 Å². The number of nitrogens with one attached hydrogen (secondary N) is 1. The van der Waals surface area contributed by atoms with Crippen LogP contribution >= 0.6 is 0 Å². The lowest BCUT2D eigenvalue weighted by Gasteiger charge is -2.18. The Morgan fingerprint density at radius 3 is 1.66 bits per heavy atom.